The number of carbonyl (C=O) groups is 1. The highest BCUT2D eigenvalue weighted by atomic mass is 79.9. The Labute approximate surface area is 135 Å². The summed E-state index contributed by atoms with van der Waals surface area (Å²) in [5.41, 5.74) is 7.22. The van der Waals surface area contributed by atoms with E-state index < -0.39 is 5.91 Å². The van der Waals surface area contributed by atoms with Crippen LogP contribution in [0.1, 0.15) is 21.5 Å². The van der Waals surface area contributed by atoms with Gasteiger partial charge in [0.15, 0.2) is 0 Å². The average molecular weight is 372 g/mol. The summed E-state index contributed by atoms with van der Waals surface area (Å²) < 4.78 is 14.0. The zero-order valence-corrected chi connectivity index (χ0v) is 13.3. The predicted molar refractivity (Wildman–Crippen MR) is 84.6 cm³/mol. The molecular weight excluding hydrogens is 359 g/mol. The number of carbonyl (C=O) groups excluding carboxylic acids is 1. The molecule has 0 saturated carbocycles. The van der Waals surface area contributed by atoms with Gasteiger partial charge < -0.3 is 11.1 Å². The number of hydrogen-bond donors (Lipinski definition) is 2. The zero-order valence-electron chi connectivity index (χ0n) is 11.0. The molecule has 3 N–H and O–H groups in total. The quantitative estimate of drug-likeness (QED) is 0.843. The Bertz CT molecular complexity index is 679. The Morgan fingerprint density at radius 1 is 1.19 bits per heavy atom. The van der Waals surface area contributed by atoms with Gasteiger partial charge in [-0.2, -0.15) is 0 Å². The summed E-state index contributed by atoms with van der Waals surface area (Å²) in [5.74, 6) is -0.793. The van der Waals surface area contributed by atoms with Gasteiger partial charge in [-0.15, -0.1) is 0 Å². The number of nitrogens with one attached hydrogen (secondary N) is 1. The smallest absolute Gasteiger partial charge is 0.248 e. The molecule has 0 unspecified atom stereocenters. The van der Waals surface area contributed by atoms with Crippen molar-refractivity contribution in [2.45, 2.75) is 13.1 Å². The fourth-order valence-electron chi connectivity index (χ4n) is 1.85. The minimum atomic E-state index is -0.514. The second-order valence-corrected chi connectivity index (χ2v) is 5.77. The summed E-state index contributed by atoms with van der Waals surface area (Å²) in [6.45, 7) is 0.993. The van der Waals surface area contributed by atoms with Gasteiger partial charge in [0.25, 0.3) is 0 Å². The highest BCUT2D eigenvalue weighted by Crippen LogP contribution is 2.20. The SMILES string of the molecule is NC(=O)c1ccc(CNCc2cc(F)ccc2Br)c(Cl)c1. The van der Waals surface area contributed by atoms with Crippen molar-refractivity contribution in [2.24, 2.45) is 5.73 Å². The average Bonchev–Trinajstić information content (AvgIpc) is 2.44. The molecule has 0 aliphatic heterocycles. The molecule has 2 aromatic rings. The summed E-state index contributed by atoms with van der Waals surface area (Å²) in [5, 5.41) is 3.65. The predicted octanol–water partition coefficient (Wildman–Crippen LogP) is 3.63. The number of nitrogens with two attached hydrogens (primary N) is 1. The fraction of sp³-hybridized carbons (Fsp3) is 0.133. The maximum atomic E-state index is 13.2. The highest BCUT2D eigenvalue weighted by Gasteiger charge is 2.06. The van der Waals surface area contributed by atoms with E-state index in [1.807, 2.05) is 0 Å². The topological polar surface area (TPSA) is 55.1 Å². The van der Waals surface area contributed by atoms with Gasteiger partial charge in [0.05, 0.1) is 0 Å². The molecule has 0 aliphatic rings. The lowest BCUT2D eigenvalue weighted by Crippen LogP contribution is -2.15. The number of halogens is 3. The molecule has 0 radical (unpaired) electrons. The van der Waals surface area contributed by atoms with Crippen molar-refractivity contribution in [3.63, 3.8) is 0 Å². The number of amides is 1. The van der Waals surface area contributed by atoms with Crippen molar-refractivity contribution in [1.82, 2.24) is 5.32 Å². The van der Waals surface area contributed by atoms with Crippen LogP contribution in [0.15, 0.2) is 40.9 Å². The number of hydrogen-bond acceptors (Lipinski definition) is 2. The Balaban J connectivity index is 2.00. The van der Waals surface area contributed by atoms with Crippen LogP contribution in [0.25, 0.3) is 0 Å². The maximum absolute atomic E-state index is 13.2. The van der Waals surface area contributed by atoms with E-state index in [0.29, 0.717) is 23.7 Å². The van der Waals surface area contributed by atoms with Crippen LogP contribution < -0.4 is 11.1 Å². The highest BCUT2D eigenvalue weighted by molar-refractivity contribution is 9.10. The maximum Gasteiger partial charge on any atom is 0.248 e. The van der Waals surface area contributed by atoms with Crippen LogP contribution in [-0.2, 0) is 13.1 Å². The molecule has 3 nitrogen and oxygen atoms in total. The van der Waals surface area contributed by atoms with E-state index in [9.17, 15) is 9.18 Å². The lowest BCUT2D eigenvalue weighted by molar-refractivity contribution is 0.100. The van der Waals surface area contributed by atoms with Crippen LogP contribution in [0, 0.1) is 5.82 Å². The second kappa shape index (κ2) is 7.02. The molecule has 21 heavy (non-hydrogen) atoms. The summed E-state index contributed by atoms with van der Waals surface area (Å²) >= 11 is 9.47. The van der Waals surface area contributed by atoms with Crippen LogP contribution in [0.5, 0.6) is 0 Å². The van der Waals surface area contributed by atoms with Crippen molar-refractivity contribution in [3.8, 4) is 0 Å². The fourth-order valence-corrected chi connectivity index (χ4v) is 2.49. The lowest BCUT2D eigenvalue weighted by Gasteiger charge is -2.09. The van der Waals surface area contributed by atoms with E-state index in [1.165, 1.54) is 12.1 Å². The van der Waals surface area contributed by atoms with E-state index in [-0.39, 0.29) is 5.82 Å². The molecule has 2 aromatic carbocycles. The zero-order chi connectivity index (χ0) is 15.4. The standard InChI is InChI=1S/C15H13BrClFN2O/c16-13-4-3-12(18)5-11(13)8-20-7-10-2-1-9(15(19)21)6-14(10)17/h1-6,20H,7-8H2,(H2,19,21). The minimum absolute atomic E-state index is 0.279. The molecular formula is C15H13BrClFN2O. The molecule has 0 spiro atoms. The Morgan fingerprint density at radius 3 is 2.57 bits per heavy atom. The second-order valence-electron chi connectivity index (χ2n) is 4.51. The van der Waals surface area contributed by atoms with Gasteiger partial charge >= 0.3 is 0 Å². The molecule has 0 fully saturated rings. The van der Waals surface area contributed by atoms with E-state index >= 15 is 0 Å². The molecule has 110 valence electrons. The van der Waals surface area contributed by atoms with Crippen molar-refractivity contribution in [2.75, 3.05) is 0 Å². The van der Waals surface area contributed by atoms with Gasteiger partial charge in [-0.05, 0) is 41.5 Å². The number of rotatable bonds is 5. The molecule has 0 aliphatic carbocycles. The normalized spacial score (nSPS) is 10.6. The van der Waals surface area contributed by atoms with Gasteiger partial charge in [-0.25, -0.2) is 4.39 Å². The Hall–Kier alpha value is -1.43. The van der Waals surface area contributed by atoms with E-state index in [0.717, 1.165) is 15.6 Å². The first-order valence-corrected chi connectivity index (χ1v) is 7.37. The van der Waals surface area contributed by atoms with Gasteiger partial charge in [0.1, 0.15) is 5.82 Å². The first-order chi connectivity index (χ1) is 9.97. The summed E-state index contributed by atoms with van der Waals surface area (Å²) in [6, 6.07) is 9.45. The van der Waals surface area contributed by atoms with Crippen molar-refractivity contribution < 1.29 is 9.18 Å². The van der Waals surface area contributed by atoms with Crippen molar-refractivity contribution in [3.05, 3.63) is 68.4 Å². The molecule has 1 amide bonds. The summed E-state index contributed by atoms with van der Waals surface area (Å²) in [6.07, 6.45) is 0. The van der Waals surface area contributed by atoms with Crippen LogP contribution in [0.3, 0.4) is 0 Å². The Morgan fingerprint density at radius 2 is 1.90 bits per heavy atom. The Kier molecular flexibility index (Phi) is 5.33. The summed E-state index contributed by atoms with van der Waals surface area (Å²) in [7, 11) is 0. The molecule has 0 atom stereocenters. The van der Waals surface area contributed by atoms with Crippen LogP contribution in [-0.4, -0.2) is 5.91 Å². The third-order valence-corrected chi connectivity index (χ3v) is 4.10. The number of benzene rings is 2. The van der Waals surface area contributed by atoms with Gasteiger partial charge in [0.2, 0.25) is 5.91 Å². The molecule has 2 rings (SSSR count). The van der Waals surface area contributed by atoms with Crippen LogP contribution in [0.4, 0.5) is 4.39 Å². The third kappa shape index (κ3) is 4.27. The van der Waals surface area contributed by atoms with Gasteiger partial charge in [-0.1, -0.05) is 33.6 Å². The summed E-state index contributed by atoms with van der Waals surface area (Å²) in [4.78, 5) is 11.0. The first-order valence-electron chi connectivity index (χ1n) is 6.20. The molecule has 6 heteroatoms. The van der Waals surface area contributed by atoms with Crippen LogP contribution in [0.2, 0.25) is 5.02 Å². The minimum Gasteiger partial charge on any atom is -0.366 e. The molecule has 0 aromatic heterocycles. The van der Waals surface area contributed by atoms with Gasteiger partial charge in [0, 0.05) is 28.1 Å². The van der Waals surface area contributed by atoms with E-state index in [4.69, 9.17) is 17.3 Å². The molecule has 0 bridgehead atoms. The monoisotopic (exact) mass is 370 g/mol. The van der Waals surface area contributed by atoms with E-state index in [2.05, 4.69) is 21.2 Å². The van der Waals surface area contributed by atoms with Gasteiger partial charge in [-0.3, -0.25) is 4.79 Å². The lowest BCUT2D eigenvalue weighted by atomic mass is 10.1. The molecule has 0 saturated heterocycles. The largest absolute Gasteiger partial charge is 0.366 e. The van der Waals surface area contributed by atoms with Crippen molar-refractivity contribution >= 4 is 33.4 Å². The third-order valence-electron chi connectivity index (χ3n) is 2.98. The first kappa shape index (κ1) is 15.9. The van der Waals surface area contributed by atoms with Crippen molar-refractivity contribution in [1.29, 1.82) is 0 Å². The van der Waals surface area contributed by atoms with E-state index in [1.54, 1.807) is 24.3 Å². The van der Waals surface area contributed by atoms with Crippen LogP contribution >= 0.6 is 27.5 Å². The number of primary amides is 1. The molecule has 0 heterocycles.